The molecular weight excluding hydrogens is 200 g/mol. The Hall–Kier alpha value is -1.27. The number of hydrogen-bond donors (Lipinski definition) is 1. The minimum absolute atomic E-state index is 0.381. The lowest BCUT2D eigenvalue weighted by molar-refractivity contribution is 0.415. The van der Waals surface area contributed by atoms with Crippen LogP contribution >= 0.6 is 0 Å². The number of furan rings is 1. The quantitative estimate of drug-likeness (QED) is 0.801. The van der Waals surface area contributed by atoms with Crippen molar-refractivity contribution in [2.45, 2.75) is 46.2 Å². The number of rotatable bonds is 6. The van der Waals surface area contributed by atoms with Crippen LogP contribution in [0.5, 0.6) is 0 Å². The molecule has 88 valence electrons. The van der Waals surface area contributed by atoms with E-state index in [1.165, 1.54) is 12.8 Å². The average Bonchev–Trinajstić information content (AvgIpc) is 2.71. The first-order valence-corrected chi connectivity index (χ1v) is 5.84. The molecular formula is C13H20N2O. The molecule has 0 aliphatic heterocycles. The van der Waals surface area contributed by atoms with Crippen molar-refractivity contribution >= 4 is 0 Å². The van der Waals surface area contributed by atoms with Crippen LogP contribution in [0.15, 0.2) is 16.5 Å². The van der Waals surface area contributed by atoms with E-state index < -0.39 is 0 Å². The van der Waals surface area contributed by atoms with Gasteiger partial charge < -0.3 is 9.73 Å². The zero-order chi connectivity index (χ0) is 12.0. The van der Waals surface area contributed by atoms with Crippen molar-refractivity contribution in [3.8, 4) is 6.07 Å². The van der Waals surface area contributed by atoms with Crippen LogP contribution in [0.2, 0.25) is 0 Å². The normalized spacial score (nSPS) is 12.7. The van der Waals surface area contributed by atoms with Crippen molar-refractivity contribution in [2.24, 2.45) is 5.92 Å². The first-order valence-electron chi connectivity index (χ1n) is 5.84. The van der Waals surface area contributed by atoms with Crippen LogP contribution in [0.4, 0.5) is 0 Å². The van der Waals surface area contributed by atoms with Gasteiger partial charge >= 0.3 is 0 Å². The van der Waals surface area contributed by atoms with E-state index >= 15 is 0 Å². The lowest BCUT2D eigenvalue weighted by Crippen LogP contribution is -2.25. The maximum Gasteiger partial charge on any atom is 0.203 e. The van der Waals surface area contributed by atoms with E-state index in [0.29, 0.717) is 18.3 Å². The van der Waals surface area contributed by atoms with Crippen molar-refractivity contribution < 1.29 is 4.42 Å². The van der Waals surface area contributed by atoms with Crippen LogP contribution in [0.3, 0.4) is 0 Å². The van der Waals surface area contributed by atoms with Gasteiger partial charge in [0.15, 0.2) is 0 Å². The van der Waals surface area contributed by atoms with Gasteiger partial charge in [0.25, 0.3) is 0 Å². The minimum Gasteiger partial charge on any atom is -0.449 e. The van der Waals surface area contributed by atoms with Crippen molar-refractivity contribution in [3.05, 3.63) is 23.7 Å². The maximum atomic E-state index is 8.61. The van der Waals surface area contributed by atoms with Crippen LogP contribution in [0.1, 0.15) is 45.1 Å². The van der Waals surface area contributed by atoms with Crippen molar-refractivity contribution in [1.29, 1.82) is 5.26 Å². The summed E-state index contributed by atoms with van der Waals surface area (Å²) < 4.78 is 5.29. The summed E-state index contributed by atoms with van der Waals surface area (Å²) in [7, 11) is 0. The van der Waals surface area contributed by atoms with Gasteiger partial charge in [-0.3, -0.25) is 0 Å². The molecule has 3 nitrogen and oxygen atoms in total. The van der Waals surface area contributed by atoms with Gasteiger partial charge in [0.05, 0.1) is 6.54 Å². The van der Waals surface area contributed by atoms with E-state index in [1.807, 2.05) is 12.1 Å². The molecule has 3 heteroatoms. The highest BCUT2D eigenvalue weighted by Crippen LogP contribution is 2.09. The fraction of sp³-hybridized carbons (Fsp3) is 0.615. The summed E-state index contributed by atoms with van der Waals surface area (Å²) in [5, 5.41) is 12.0. The van der Waals surface area contributed by atoms with Gasteiger partial charge in [-0.15, -0.1) is 0 Å². The van der Waals surface area contributed by atoms with Crippen LogP contribution in [0, 0.1) is 17.2 Å². The number of nitrogens with zero attached hydrogens (tertiary/aromatic N) is 1. The Balaban J connectivity index is 2.26. The third-order valence-electron chi connectivity index (χ3n) is 2.57. The summed E-state index contributed by atoms with van der Waals surface area (Å²) in [6.45, 7) is 7.34. The molecule has 0 aliphatic carbocycles. The first kappa shape index (κ1) is 12.8. The van der Waals surface area contributed by atoms with Gasteiger partial charge in [0.2, 0.25) is 5.76 Å². The lowest BCUT2D eigenvalue weighted by atomic mass is 10.0. The highest BCUT2D eigenvalue weighted by molar-refractivity contribution is 5.18. The largest absolute Gasteiger partial charge is 0.449 e. The number of nitriles is 1. The van der Waals surface area contributed by atoms with Gasteiger partial charge in [0, 0.05) is 6.04 Å². The Kier molecular flexibility index (Phi) is 5.07. The Morgan fingerprint density at radius 2 is 2.06 bits per heavy atom. The summed E-state index contributed by atoms with van der Waals surface area (Å²) in [6, 6.07) is 6.02. The molecule has 1 N–H and O–H groups in total. The van der Waals surface area contributed by atoms with E-state index in [2.05, 4.69) is 26.1 Å². The monoisotopic (exact) mass is 220 g/mol. The zero-order valence-corrected chi connectivity index (χ0v) is 10.3. The van der Waals surface area contributed by atoms with Gasteiger partial charge in [-0.1, -0.05) is 13.8 Å². The van der Waals surface area contributed by atoms with Crippen molar-refractivity contribution in [1.82, 2.24) is 5.32 Å². The molecule has 1 heterocycles. The second kappa shape index (κ2) is 6.34. The SMILES string of the molecule is CC(C)CCC(C)NCc1ccc(C#N)o1. The molecule has 0 spiro atoms. The Morgan fingerprint density at radius 1 is 1.31 bits per heavy atom. The van der Waals surface area contributed by atoms with Crippen LogP contribution in [-0.4, -0.2) is 6.04 Å². The average molecular weight is 220 g/mol. The van der Waals surface area contributed by atoms with E-state index in [0.717, 1.165) is 11.7 Å². The molecule has 1 unspecified atom stereocenters. The molecule has 0 aliphatic rings. The fourth-order valence-electron chi connectivity index (χ4n) is 1.49. The predicted octanol–water partition coefficient (Wildman–Crippen LogP) is 3.07. The van der Waals surface area contributed by atoms with Crippen LogP contribution in [-0.2, 0) is 6.54 Å². The van der Waals surface area contributed by atoms with E-state index in [9.17, 15) is 0 Å². The molecule has 0 fully saturated rings. The second-order valence-electron chi connectivity index (χ2n) is 4.63. The molecule has 1 aromatic rings. The summed E-state index contributed by atoms with van der Waals surface area (Å²) in [5.74, 6) is 1.96. The van der Waals surface area contributed by atoms with E-state index in [-0.39, 0.29) is 0 Å². The maximum absolute atomic E-state index is 8.61. The Labute approximate surface area is 97.5 Å². The van der Waals surface area contributed by atoms with Crippen molar-refractivity contribution in [3.63, 3.8) is 0 Å². The molecule has 0 saturated carbocycles. The summed E-state index contributed by atoms with van der Waals surface area (Å²) >= 11 is 0. The molecule has 0 aromatic carbocycles. The van der Waals surface area contributed by atoms with E-state index in [1.54, 1.807) is 6.07 Å². The highest BCUT2D eigenvalue weighted by Gasteiger charge is 2.05. The molecule has 1 atom stereocenters. The fourth-order valence-corrected chi connectivity index (χ4v) is 1.49. The van der Waals surface area contributed by atoms with Gasteiger partial charge in [-0.25, -0.2) is 0 Å². The van der Waals surface area contributed by atoms with Crippen LogP contribution < -0.4 is 5.32 Å². The van der Waals surface area contributed by atoms with Gasteiger partial charge in [0.1, 0.15) is 11.8 Å². The smallest absolute Gasteiger partial charge is 0.203 e. The molecule has 16 heavy (non-hydrogen) atoms. The van der Waals surface area contributed by atoms with Gasteiger partial charge in [-0.05, 0) is 37.8 Å². The zero-order valence-electron chi connectivity index (χ0n) is 10.3. The standard InChI is InChI=1S/C13H20N2O/c1-10(2)4-5-11(3)15-9-13-7-6-12(8-14)16-13/h6-7,10-11,15H,4-5,9H2,1-3H3. The summed E-state index contributed by atoms with van der Waals surface area (Å²) in [4.78, 5) is 0. The molecule has 1 rings (SSSR count). The second-order valence-corrected chi connectivity index (χ2v) is 4.63. The molecule has 0 radical (unpaired) electrons. The Morgan fingerprint density at radius 3 is 2.62 bits per heavy atom. The first-order chi connectivity index (χ1) is 7.61. The summed E-state index contributed by atoms with van der Waals surface area (Å²) in [5.41, 5.74) is 0. The highest BCUT2D eigenvalue weighted by atomic mass is 16.3. The molecule has 0 amide bonds. The molecule has 0 saturated heterocycles. The Bertz CT molecular complexity index is 349. The van der Waals surface area contributed by atoms with Crippen LogP contribution in [0.25, 0.3) is 0 Å². The third kappa shape index (κ3) is 4.50. The van der Waals surface area contributed by atoms with E-state index in [4.69, 9.17) is 9.68 Å². The lowest BCUT2D eigenvalue weighted by Gasteiger charge is -2.13. The summed E-state index contributed by atoms with van der Waals surface area (Å²) in [6.07, 6.45) is 2.40. The molecule has 1 aromatic heterocycles. The molecule has 0 bridgehead atoms. The number of hydrogen-bond acceptors (Lipinski definition) is 3. The third-order valence-corrected chi connectivity index (χ3v) is 2.57. The minimum atomic E-state index is 0.381. The van der Waals surface area contributed by atoms with Gasteiger partial charge in [-0.2, -0.15) is 5.26 Å². The number of nitrogens with one attached hydrogen (secondary N) is 1. The van der Waals surface area contributed by atoms with Crippen molar-refractivity contribution in [2.75, 3.05) is 0 Å². The topological polar surface area (TPSA) is 49.0 Å². The predicted molar refractivity (Wildman–Crippen MR) is 63.8 cm³/mol.